The van der Waals surface area contributed by atoms with Crippen molar-refractivity contribution in [3.05, 3.63) is 94.5 Å². The predicted molar refractivity (Wildman–Crippen MR) is 153 cm³/mol. The summed E-state index contributed by atoms with van der Waals surface area (Å²) in [6.07, 6.45) is 0. The fraction of sp³-hybridized carbons (Fsp3) is 0.200. The minimum Gasteiger partial charge on any atom is -0.494 e. The predicted octanol–water partition coefficient (Wildman–Crippen LogP) is 3.14. The van der Waals surface area contributed by atoms with E-state index in [9.17, 15) is 24.6 Å². The SMILES string of the molecule is Cc1cc2c(C(=Nc3ccc(C(=O)NOCCN4CCNC(=O)C4)cc3)c3ccccc3)c(O)[nH]c2cc1C(=O)O. The summed E-state index contributed by atoms with van der Waals surface area (Å²) in [6.45, 7) is 4.09. The van der Waals surface area contributed by atoms with Crippen LogP contribution in [0.15, 0.2) is 71.7 Å². The molecule has 0 radical (unpaired) electrons. The van der Waals surface area contributed by atoms with Gasteiger partial charge in [0.05, 0.1) is 35.7 Å². The fourth-order valence-electron chi connectivity index (χ4n) is 4.72. The van der Waals surface area contributed by atoms with Gasteiger partial charge >= 0.3 is 5.97 Å². The van der Waals surface area contributed by atoms with Gasteiger partial charge in [-0.1, -0.05) is 30.3 Å². The summed E-state index contributed by atoms with van der Waals surface area (Å²) >= 11 is 0. The van der Waals surface area contributed by atoms with Gasteiger partial charge in [0.25, 0.3) is 5.91 Å². The van der Waals surface area contributed by atoms with Crippen LogP contribution in [0.25, 0.3) is 10.9 Å². The molecule has 11 nitrogen and oxygen atoms in total. The highest BCUT2D eigenvalue weighted by molar-refractivity contribution is 6.22. The van der Waals surface area contributed by atoms with Crippen LogP contribution in [0.1, 0.15) is 37.4 Å². The molecule has 5 rings (SSSR count). The van der Waals surface area contributed by atoms with Crippen molar-refractivity contribution in [1.29, 1.82) is 0 Å². The number of fused-ring (bicyclic) bond motifs is 1. The molecule has 0 spiro atoms. The molecule has 210 valence electrons. The van der Waals surface area contributed by atoms with Crippen molar-refractivity contribution in [2.45, 2.75) is 6.92 Å². The Morgan fingerprint density at radius 3 is 2.54 bits per heavy atom. The van der Waals surface area contributed by atoms with Crippen LogP contribution < -0.4 is 10.8 Å². The molecule has 0 bridgehead atoms. The number of hydrogen-bond donors (Lipinski definition) is 5. The number of rotatable bonds is 9. The molecule has 1 saturated heterocycles. The Bertz CT molecular complexity index is 1630. The number of hydroxylamine groups is 1. The van der Waals surface area contributed by atoms with Crippen molar-refractivity contribution in [1.82, 2.24) is 20.7 Å². The number of H-pyrrole nitrogens is 1. The number of aromatic carboxylic acids is 1. The summed E-state index contributed by atoms with van der Waals surface area (Å²) < 4.78 is 0. The third-order valence-electron chi connectivity index (χ3n) is 6.80. The molecule has 1 fully saturated rings. The highest BCUT2D eigenvalue weighted by Gasteiger charge is 2.21. The maximum absolute atomic E-state index is 12.6. The van der Waals surface area contributed by atoms with E-state index in [-0.39, 0.29) is 24.0 Å². The third kappa shape index (κ3) is 6.26. The summed E-state index contributed by atoms with van der Waals surface area (Å²) in [5, 5.41) is 23.8. The molecule has 0 saturated carbocycles. The molecule has 1 aliphatic rings. The molecule has 2 heterocycles. The lowest BCUT2D eigenvalue weighted by molar-refractivity contribution is -0.124. The molecule has 41 heavy (non-hydrogen) atoms. The van der Waals surface area contributed by atoms with Crippen molar-refractivity contribution >= 4 is 40.1 Å². The Morgan fingerprint density at radius 2 is 1.83 bits per heavy atom. The molecule has 2 amide bonds. The smallest absolute Gasteiger partial charge is 0.336 e. The zero-order chi connectivity index (χ0) is 28.9. The number of nitrogens with one attached hydrogen (secondary N) is 3. The number of carboxylic acids is 1. The summed E-state index contributed by atoms with van der Waals surface area (Å²) in [5.74, 6) is -1.63. The van der Waals surface area contributed by atoms with Gasteiger partial charge in [-0.3, -0.25) is 19.3 Å². The van der Waals surface area contributed by atoms with Crippen molar-refractivity contribution in [3.63, 3.8) is 0 Å². The summed E-state index contributed by atoms with van der Waals surface area (Å²) in [7, 11) is 0. The van der Waals surface area contributed by atoms with Crippen LogP contribution >= 0.6 is 0 Å². The van der Waals surface area contributed by atoms with Gasteiger partial charge in [-0.2, -0.15) is 0 Å². The van der Waals surface area contributed by atoms with E-state index in [0.717, 1.165) is 12.1 Å². The van der Waals surface area contributed by atoms with Gasteiger partial charge in [-0.05, 0) is 48.9 Å². The molecule has 11 heteroatoms. The first-order valence-corrected chi connectivity index (χ1v) is 13.0. The largest absolute Gasteiger partial charge is 0.494 e. The first kappa shape index (κ1) is 27.6. The van der Waals surface area contributed by atoms with Crippen LogP contribution in [0.2, 0.25) is 0 Å². The Labute approximate surface area is 235 Å². The average molecular weight is 556 g/mol. The normalized spacial score (nSPS) is 14.2. The van der Waals surface area contributed by atoms with Crippen LogP contribution in [0, 0.1) is 6.92 Å². The quantitative estimate of drug-likeness (QED) is 0.121. The maximum Gasteiger partial charge on any atom is 0.336 e. The van der Waals surface area contributed by atoms with Crippen LogP contribution in [0.5, 0.6) is 5.88 Å². The molecule has 0 unspecified atom stereocenters. The van der Waals surface area contributed by atoms with Gasteiger partial charge in [-0.25, -0.2) is 15.3 Å². The van der Waals surface area contributed by atoms with Crippen molar-refractivity contribution in [2.75, 3.05) is 32.8 Å². The van der Waals surface area contributed by atoms with Gasteiger partial charge in [0, 0.05) is 41.7 Å². The molecule has 0 aliphatic carbocycles. The summed E-state index contributed by atoms with van der Waals surface area (Å²) in [4.78, 5) is 50.6. The molecular formula is C30H29N5O6. The monoisotopic (exact) mass is 555 g/mol. The number of aliphatic imine (C=N–C) groups is 1. The lowest BCUT2D eigenvalue weighted by atomic mass is 9.98. The van der Waals surface area contributed by atoms with E-state index in [2.05, 4.69) is 15.8 Å². The Balaban J connectivity index is 1.37. The first-order chi connectivity index (χ1) is 19.8. The Kier molecular flexibility index (Phi) is 8.09. The van der Waals surface area contributed by atoms with E-state index in [0.29, 0.717) is 58.6 Å². The van der Waals surface area contributed by atoms with Gasteiger partial charge in [0.1, 0.15) is 0 Å². The number of carboxylic acid groups (broad SMARTS) is 1. The van der Waals surface area contributed by atoms with Gasteiger partial charge < -0.3 is 20.5 Å². The number of carbonyl (C=O) groups excluding carboxylic acids is 2. The van der Waals surface area contributed by atoms with E-state index in [1.807, 2.05) is 35.2 Å². The topological polar surface area (TPSA) is 156 Å². The van der Waals surface area contributed by atoms with E-state index >= 15 is 0 Å². The van der Waals surface area contributed by atoms with Crippen molar-refractivity contribution < 1.29 is 29.4 Å². The first-order valence-electron chi connectivity index (χ1n) is 13.0. The van der Waals surface area contributed by atoms with Gasteiger partial charge in [0.2, 0.25) is 5.91 Å². The third-order valence-corrected chi connectivity index (χ3v) is 6.80. The van der Waals surface area contributed by atoms with Gasteiger partial charge in [0.15, 0.2) is 5.88 Å². The molecular weight excluding hydrogens is 526 g/mol. The second-order valence-electron chi connectivity index (χ2n) is 9.65. The average Bonchev–Trinajstić information content (AvgIpc) is 3.28. The maximum atomic E-state index is 12.6. The summed E-state index contributed by atoms with van der Waals surface area (Å²) in [5.41, 5.74) is 6.15. The number of amides is 2. The minimum absolute atomic E-state index is 0.0270. The number of aromatic nitrogens is 1. The number of benzene rings is 3. The molecule has 3 aromatic carbocycles. The van der Waals surface area contributed by atoms with E-state index in [1.165, 1.54) is 6.07 Å². The Hall–Kier alpha value is -5.00. The second kappa shape index (κ2) is 12.0. The number of hydrogen-bond acceptors (Lipinski definition) is 7. The second-order valence-corrected chi connectivity index (χ2v) is 9.65. The zero-order valence-electron chi connectivity index (χ0n) is 22.3. The molecule has 4 aromatic rings. The number of carbonyl (C=O) groups is 3. The Morgan fingerprint density at radius 1 is 1.07 bits per heavy atom. The molecule has 5 N–H and O–H groups in total. The highest BCUT2D eigenvalue weighted by atomic mass is 16.7. The van der Waals surface area contributed by atoms with E-state index in [1.54, 1.807) is 37.3 Å². The van der Waals surface area contributed by atoms with Gasteiger partial charge in [-0.15, -0.1) is 0 Å². The summed E-state index contributed by atoms with van der Waals surface area (Å²) in [6, 6.07) is 19.1. The minimum atomic E-state index is -1.05. The zero-order valence-corrected chi connectivity index (χ0v) is 22.3. The number of piperazine rings is 1. The lowest BCUT2D eigenvalue weighted by Crippen LogP contribution is -2.48. The van der Waals surface area contributed by atoms with Crippen molar-refractivity contribution in [3.8, 4) is 5.88 Å². The van der Waals surface area contributed by atoms with E-state index < -0.39 is 11.9 Å². The number of aryl methyl sites for hydroxylation is 1. The molecule has 1 aromatic heterocycles. The van der Waals surface area contributed by atoms with Crippen LogP contribution in [-0.4, -0.2) is 76.4 Å². The van der Waals surface area contributed by atoms with Crippen LogP contribution in [0.3, 0.4) is 0 Å². The number of aromatic amines is 1. The van der Waals surface area contributed by atoms with Crippen LogP contribution in [-0.2, 0) is 9.63 Å². The lowest BCUT2D eigenvalue weighted by Gasteiger charge is -2.25. The number of aromatic hydroxyl groups is 1. The number of nitrogens with zero attached hydrogens (tertiary/aromatic N) is 2. The fourth-order valence-corrected chi connectivity index (χ4v) is 4.72. The highest BCUT2D eigenvalue weighted by Crippen LogP contribution is 2.33. The van der Waals surface area contributed by atoms with Crippen molar-refractivity contribution in [2.24, 2.45) is 4.99 Å². The van der Waals surface area contributed by atoms with E-state index in [4.69, 9.17) is 9.83 Å². The molecule has 0 atom stereocenters. The molecule has 1 aliphatic heterocycles. The standard InChI is InChI=1S/C30H29N5O6/c1-18-15-23-24(16-22(18)30(39)40)33-29(38)26(23)27(19-5-3-2-4-6-19)32-21-9-7-20(8-10-21)28(37)34-41-14-13-35-12-11-31-25(36)17-35/h2-10,15-16,33,38H,11-14,17H2,1H3,(H,31,36)(H,34,37)(H,39,40). The van der Waals surface area contributed by atoms with Crippen LogP contribution in [0.4, 0.5) is 5.69 Å².